The summed E-state index contributed by atoms with van der Waals surface area (Å²) in [7, 11) is 2.17. The minimum absolute atomic E-state index is 0.157. The first-order chi connectivity index (χ1) is 6.06. The van der Waals surface area contributed by atoms with Crippen molar-refractivity contribution in [2.24, 2.45) is 5.92 Å². The van der Waals surface area contributed by atoms with Crippen molar-refractivity contribution in [1.82, 2.24) is 4.90 Å². The van der Waals surface area contributed by atoms with Gasteiger partial charge in [-0.05, 0) is 46.1 Å². The summed E-state index contributed by atoms with van der Waals surface area (Å²) < 4.78 is 0. The fraction of sp³-hybridized carbons (Fsp3) is 1.00. The first kappa shape index (κ1) is 11.0. The molecule has 0 aromatic heterocycles. The van der Waals surface area contributed by atoms with Gasteiger partial charge in [0.15, 0.2) is 0 Å². The SMILES string of the molecule is CN(CC1CCC1)C(C)(C)CCO. The molecule has 0 radical (unpaired) electrons. The number of nitrogens with zero attached hydrogens (tertiary/aromatic N) is 1. The largest absolute Gasteiger partial charge is 0.396 e. The molecule has 0 atom stereocenters. The molecule has 1 rings (SSSR count). The Hall–Kier alpha value is -0.0800. The smallest absolute Gasteiger partial charge is 0.0448 e. The number of hydrogen-bond acceptors (Lipinski definition) is 2. The Labute approximate surface area is 81.9 Å². The van der Waals surface area contributed by atoms with Crippen LogP contribution in [0.1, 0.15) is 39.5 Å². The molecule has 0 amide bonds. The Morgan fingerprint density at radius 1 is 1.38 bits per heavy atom. The molecular formula is C11H23NO. The van der Waals surface area contributed by atoms with Crippen LogP contribution in [0.5, 0.6) is 0 Å². The molecule has 0 aromatic rings. The minimum atomic E-state index is 0.157. The second kappa shape index (κ2) is 4.43. The monoisotopic (exact) mass is 185 g/mol. The van der Waals surface area contributed by atoms with E-state index in [2.05, 4.69) is 25.8 Å². The highest BCUT2D eigenvalue weighted by Crippen LogP contribution is 2.29. The van der Waals surface area contributed by atoms with E-state index in [0.29, 0.717) is 6.61 Å². The first-order valence-corrected chi connectivity index (χ1v) is 5.38. The Balaban J connectivity index is 2.30. The van der Waals surface area contributed by atoms with Crippen molar-refractivity contribution in [2.75, 3.05) is 20.2 Å². The lowest BCUT2D eigenvalue weighted by atomic mass is 9.84. The van der Waals surface area contributed by atoms with Gasteiger partial charge in [0.1, 0.15) is 0 Å². The highest BCUT2D eigenvalue weighted by molar-refractivity contribution is 4.82. The predicted octanol–water partition coefficient (Wildman–Crippen LogP) is 1.88. The molecule has 1 saturated carbocycles. The molecular weight excluding hydrogens is 162 g/mol. The zero-order chi connectivity index (χ0) is 9.90. The van der Waals surface area contributed by atoms with Gasteiger partial charge in [0.2, 0.25) is 0 Å². The van der Waals surface area contributed by atoms with Crippen LogP contribution in [0.4, 0.5) is 0 Å². The van der Waals surface area contributed by atoms with Gasteiger partial charge >= 0.3 is 0 Å². The van der Waals surface area contributed by atoms with E-state index >= 15 is 0 Å². The first-order valence-electron chi connectivity index (χ1n) is 5.38. The molecule has 0 heterocycles. The van der Waals surface area contributed by atoms with E-state index in [1.54, 1.807) is 0 Å². The Morgan fingerprint density at radius 3 is 2.38 bits per heavy atom. The van der Waals surface area contributed by atoms with Gasteiger partial charge in [-0.2, -0.15) is 0 Å². The molecule has 0 unspecified atom stereocenters. The van der Waals surface area contributed by atoms with Crippen molar-refractivity contribution in [3.8, 4) is 0 Å². The van der Waals surface area contributed by atoms with Gasteiger partial charge in [-0.25, -0.2) is 0 Å². The lowest BCUT2D eigenvalue weighted by Crippen LogP contribution is -2.45. The van der Waals surface area contributed by atoms with E-state index < -0.39 is 0 Å². The molecule has 2 heteroatoms. The van der Waals surface area contributed by atoms with Crippen LogP contribution in [0.15, 0.2) is 0 Å². The van der Waals surface area contributed by atoms with Gasteiger partial charge in [0.05, 0.1) is 0 Å². The van der Waals surface area contributed by atoms with Crippen LogP contribution in [0.2, 0.25) is 0 Å². The maximum Gasteiger partial charge on any atom is 0.0448 e. The number of aliphatic hydroxyl groups is 1. The second-order valence-corrected chi connectivity index (χ2v) is 4.96. The molecule has 0 spiro atoms. The number of aliphatic hydroxyl groups excluding tert-OH is 1. The Morgan fingerprint density at radius 2 is 2.00 bits per heavy atom. The van der Waals surface area contributed by atoms with Gasteiger partial charge in [-0.15, -0.1) is 0 Å². The summed E-state index contributed by atoms with van der Waals surface area (Å²) in [6.45, 7) is 5.92. The highest BCUT2D eigenvalue weighted by atomic mass is 16.3. The molecule has 0 aliphatic heterocycles. The maximum absolute atomic E-state index is 8.93. The summed E-state index contributed by atoms with van der Waals surface area (Å²) in [5, 5.41) is 8.93. The second-order valence-electron chi connectivity index (χ2n) is 4.96. The fourth-order valence-corrected chi connectivity index (χ4v) is 1.77. The quantitative estimate of drug-likeness (QED) is 0.707. The number of hydrogen-bond donors (Lipinski definition) is 1. The average molecular weight is 185 g/mol. The molecule has 78 valence electrons. The predicted molar refractivity (Wildman–Crippen MR) is 55.8 cm³/mol. The van der Waals surface area contributed by atoms with Crippen LogP contribution in [-0.4, -0.2) is 35.7 Å². The summed E-state index contributed by atoms with van der Waals surface area (Å²) in [4.78, 5) is 2.40. The van der Waals surface area contributed by atoms with Gasteiger partial charge in [-0.3, -0.25) is 0 Å². The van der Waals surface area contributed by atoms with Gasteiger partial charge in [0.25, 0.3) is 0 Å². The number of rotatable bonds is 5. The van der Waals surface area contributed by atoms with E-state index in [1.165, 1.54) is 25.8 Å². The molecule has 0 saturated heterocycles. The molecule has 13 heavy (non-hydrogen) atoms. The summed E-state index contributed by atoms with van der Waals surface area (Å²) in [6, 6.07) is 0. The van der Waals surface area contributed by atoms with Crippen molar-refractivity contribution in [3.63, 3.8) is 0 Å². The lowest BCUT2D eigenvalue weighted by Gasteiger charge is -2.39. The Kier molecular flexibility index (Phi) is 3.74. The van der Waals surface area contributed by atoms with E-state index in [-0.39, 0.29) is 5.54 Å². The van der Waals surface area contributed by atoms with Crippen molar-refractivity contribution in [1.29, 1.82) is 0 Å². The third-order valence-electron chi connectivity index (χ3n) is 3.51. The van der Waals surface area contributed by atoms with Gasteiger partial charge < -0.3 is 10.0 Å². The summed E-state index contributed by atoms with van der Waals surface area (Å²) >= 11 is 0. The fourth-order valence-electron chi connectivity index (χ4n) is 1.77. The van der Waals surface area contributed by atoms with Gasteiger partial charge in [-0.1, -0.05) is 6.42 Å². The minimum Gasteiger partial charge on any atom is -0.396 e. The summed E-state index contributed by atoms with van der Waals surface area (Å²) in [5.41, 5.74) is 0.157. The Bertz CT molecular complexity index is 152. The van der Waals surface area contributed by atoms with E-state index in [9.17, 15) is 0 Å². The zero-order valence-corrected chi connectivity index (χ0v) is 9.21. The molecule has 0 bridgehead atoms. The normalized spacial score (nSPS) is 19.2. The topological polar surface area (TPSA) is 23.5 Å². The van der Waals surface area contributed by atoms with Crippen LogP contribution in [0.3, 0.4) is 0 Å². The van der Waals surface area contributed by atoms with Crippen LogP contribution < -0.4 is 0 Å². The third-order valence-corrected chi connectivity index (χ3v) is 3.51. The van der Waals surface area contributed by atoms with E-state index in [4.69, 9.17) is 5.11 Å². The summed E-state index contributed by atoms with van der Waals surface area (Å²) in [5.74, 6) is 0.919. The average Bonchev–Trinajstić information content (AvgIpc) is 1.96. The molecule has 0 aromatic carbocycles. The van der Waals surface area contributed by atoms with Crippen molar-refractivity contribution in [2.45, 2.75) is 45.1 Å². The van der Waals surface area contributed by atoms with E-state index in [0.717, 1.165) is 12.3 Å². The van der Waals surface area contributed by atoms with Crippen LogP contribution >= 0.6 is 0 Å². The van der Waals surface area contributed by atoms with Crippen LogP contribution in [0.25, 0.3) is 0 Å². The third kappa shape index (κ3) is 2.96. The van der Waals surface area contributed by atoms with Crippen LogP contribution in [0, 0.1) is 5.92 Å². The van der Waals surface area contributed by atoms with Gasteiger partial charge in [0, 0.05) is 18.7 Å². The highest BCUT2D eigenvalue weighted by Gasteiger charge is 2.27. The van der Waals surface area contributed by atoms with Crippen molar-refractivity contribution in [3.05, 3.63) is 0 Å². The zero-order valence-electron chi connectivity index (χ0n) is 9.21. The van der Waals surface area contributed by atoms with Crippen LogP contribution in [-0.2, 0) is 0 Å². The molecule has 2 nitrogen and oxygen atoms in total. The van der Waals surface area contributed by atoms with Crippen molar-refractivity contribution < 1.29 is 5.11 Å². The summed E-state index contributed by atoms with van der Waals surface area (Å²) in [6.07, 6.45) is 5.09. The molecule has 1 N–H and O–H groups in total. The van der Waals surface area contributed by atoms with Crippen molar-refractivity contribution >= 4 is 0 Å². The van der Waals surface area contributed by atoms with E-state index in [1.807, 2.05) is 0 Å². The molecule has 1 aliphatic carbocycles. The lowest BCUT2D eigenvalue weighted by molar-refractivity contribution is 0.0822. The maximum atomic E-state index is 8.93. The molecule has 1 aliphatic rings. The standard InChI is InChI=1S/C11H23NO/c1-11(2,7-8-13)12(3)9-10-5-4-6-10/h10,13H,4-9H2,1-3H3. The molecule has 1 fully saturated rings.